The van der Waals surface area contributed by atoms with E-state index in [1.807, 2.05) is 26.0 Å². The molecule has 2 aromatic carbocycles. The molecule has 0 aromatic heterocycles. The van der Waals surface area contributed by atoms with Crippen LogP contribution in [0.25, 0.3) is 0 Å². The van der Waals surface area contributed by atoms with Crippen LogP contribution < -0.4 is 10.2 Å². The summed E-state index contributed by atoms with van der Waals surface area (Å²) in [5.74, 6) is -2.20. The van der Waals surface area contributed by atoms with Crippen molar-refractivity contribution in [3.63, 3.8) is 0 Å². The van der Waals surface area contributed by atoms with Gasteiger partial charge in [-0.2, -0.15) is 4.39 Å². The molecule has 0 aliphatic carbocycles. The van der Waals surface area contributed by atoms with Crippen LogP contribution in [0.4, 0.5) is 21.5 Å². The normalized spacial score (nSPS) is 16.5. The molecule has 1 saturated heterocycles. The number of amides is 2. The summed E-state index contributed by atoms with van der Waals surface area (Å²) < 4.78 is 13.5. The van der Waals surface area contributed by atoms with Gasteiger partial charge in [0.25, 0.3) is 0 Å². The lowest BCUT2D eigenvalue weighted by Gasteiger charge is -2.17. The number of nitro benzene ring substituents is 1. The second-order valence-corrected chi connectivity index (χ2v) is 6.53. The number of halogens is 1. The molecular formula is C19H18FN3O4. The van der Waals surface area contributed by atoms with Gasteiger partial charge in [0.2, 0.25) is 17.6 Å². The molecule has 140 valence electrons. The van der Waals surface area contributed by atoms with E-state index < -0.39 is 22.3 Å². The lowest BCUT2D eigenvalue weighted by Crippen LogP contribution is -2.28. The van der Waals surface area contributed by atoms with Gasteiger partial charge < -0.3 is 10.2 Å². The molecule has 2 amide bonds. The molecule has 7 nitrogen and oxygen atoms in total. The van der Waals surface area contributed by atoms with Crippen molar-refractivity contribution in [1.29, 1.82) is 0 Å². The molecule has 1 heterocycles. The molecule has 1 unspecified atom stereocenters. The number of benzene rings is 2. The number of hydrogen-bond acceptors (Lipinski definition) is 4. The molecule has 0 bridgehead atoms. The lowest BCUT2D eigenvalue weighted by atomic mass is 10.1. The SMILES string of the molecule is Cc1cccc(NC(=O)C2CC(=O)N(c3ccc(F)c([N+](=O)[O-])c3)C2)c1C. The summed E-state index contributed by atoms with van der Waals surface area (Å²) in [7, 11) is 0. The number of hydrogen-bond donors (Lipinski definition) is 1. The molecule has 0 saturated carbocycles. The number of anilines is 2. The number of nitrogens with zero attached hydrogens (tertiary/aromatic N) is 2. The van der Waals surface area contributed by atoms with Crippen LogP contribution in [0.15, 0.2) is 36.4 Å². The molecule has 1 aliphatic heterocycles. The first-order valence-electron chi connectivity index (χ1n) is 8.39. The monoisotopic (exact) mass is 371 g/mol. The van der Waals surface area contributed by atoms with E-state index in [9.17, 15) is 24.1 Å². The standard InChI is InChI=1S/C19H18FN3O4/c1-11-4-3-5-16(12(11)2)21-19(25)13-8-18(24)22(10-13)14-6-7-15(20)17(9-14)23(26)27/h3-7,9,13H,8,10H2,1-2H3,(H,21,25). The quantitative estimate of drug-likeness (QED) is 0.659. The summed E-state index contributed by atoms with van der Waals surface area (Å²) in [5.41, 5.74) is 2.17. The average molecular weight is 371 g/mol. The van der Waals surface area contributed by atoms with Crippen LogP contribution in [0.3, 0.4) is 0 Å². The average Bonchev–Trinajstić information content (AvgIpc) is 3.01. The molecule has 3 rings (SSSR count). The minimum atomic E-state index is -0.973. The Balaban J connectivity index is 1.77. The topological polar surface area (TPSA) is 92.6 Å². The third-order valence-corrected chi connectivity index (χ3v) is 4.80. The fraction of sp³-hybridized carbons (Fsp3) is 0.263. The zero-order valence-corrected chi connectivity index (χ0v) is 14.9. The van der Waals surface area contributed by atoms with Crippen LogP contribution in [-0.2, 0) is 9.59 Å². The van der Waals surface area contributed by atoms with Crippen LogP contribution in [0.1, 0.15) is 17.5 Å². The summed E-state index contributed by atoms with van der Waals surface area (Å²) >= 11 is 0. The van der Waals surface area contributed by atoms with Gasteiger partial charge in [0.05, 0.1) is 16.5 Å². The zero-order chi connectivity index (χ0) is 19.7. The van der Waals surface area contributed by atoms with Gasteiger partial charge in [-0.15, -0.1) is 0 Å². The predicted octanol–water partition coefficient (Wildman–Crippen LogP) is 3.34. The van der Waals surface area contributed by atoms with Gasteiger partial charge in [-0.1, -0.05) is 12.1 Å². The van der Waals surface area contributed by atoms with Gasteiger partial charge in [0.15, 0.2) is 0 Å². The number of carbonyl (C=O) groups excluding carboxylic acids is 2. The molecule has 1 atom stereocenters. The summed E-state index contributed by atoms with van der Waals surface area (Å²) in [5, 5.41) is 13.7. The smallest absolute Gasteiger partial charge is 0.306 e. The van der Waals surface area contributed by atoms with E-state index in [2.05, 4.69) is 5.32 Å². The maximum absolute atomic E-state index is 13.5. The zero-order valence-electron chi connectivity index (χ0n) is 14.9. The Morgan fingerprint density at radius 3 is 2.74 bits per heavy atom. The molecule has 27 heavy (non-hydrogen) atoms. The van der Waals surface area contributed by atoms with Crippen molar-refractivity contribution in [3.8, 4) is 0 Å². The maximum atomic E-state index is 13.5. The Morgan fingerprint density at radius 1 is 1.30 bits per heavy atom. The third kappa shape index (κ3) is 3.64. The van der Waals surface area contributed by atoms with Crippen molar-refractivity contribution in [2.45, 2.75) is 20.3 Å². The highest BCUT2D eigenvalue weighted by Gasteiger charge is 2.36. The van der Waals surface area contributed by atoms with Crippen LogP contribution in [-0.4, -0.2) is 23.3 Å². The molecule has 8 heteroatoms. The van der Waals surface area contributed by atoms with Crippen molar-refractivity contribution >= 4 is 28.9 Å². The Hall–Kier alpha value is -3.29. The number of rotatable bonds is 4. The number of nitro groups is 1. The largest absolute Gasteiger partial charge is 0.326 e. The fourth-order valence-corrected chi connectivity index (χ4v) is 3.06. The highest BCUT2D eigenvalue weighted by Crippen LogP contribution is 2.30. The van der Waals surface area contributed by atoms with Crippen LogP contribution >= 0.6 is 0 Å². The first-order chi connectivity index (χ1) is 12.8. The van der Waals surface area contributed by atoms with E-state index in [1.165, 1.54) is 11.0 Å². The molecular weight excluding hydrogens is 353 g/mol. The lowest BCUT2D eigenvalue weighted by molar-refractivity contribution is -0.387. The summed E-state index contributed by atoms with van der Waals surface area (Å²) in [6.45, 7) is 3.92. The minimum absolute atomic E-state index is 0.0120. The van der Waals surface area contributed by atoms with E-state index in [4.69, 9.17) is 0 Å². The van der Waals surface area contributed by atoms with E-state index in [1.54, 1.807) is 6.07 Å². The van der Waals surface area contributed by atoms with Gasteiger partial charge in [-0.25, -0.2) is 0 Å². The van der Waals surface area contributed by atoms with Gasteiger partial charge >= 0.3 is 5.69 Å². The highest BCUT2D eigenvalue weighted by molar-refractivity contribution is 6.03. The maximum Gasteiger partial charge on any atom is 0.306 e. The Labute approximate surface area is 154 Å². The van der Waals surface area contributed by atoms with Crippen molar-refractivity contribution in [3.05, 3.63) is 63.5 Å². The van der Waals surface area contributed by atoms with Gasteiger partial charge in [0, 0.05) is 24.7 Å². The third-order valence-electron chi connectivity index (χ3n) is 4.80. The van der Waals surface area contributed by atoms with E-state index in [0.717, 1.165) is 23.3 Å². The molecule has 1 aliphatic rings. The van der Waals surface area contributed by atoms with Crippen molar-refractivity contribution < 1.29 is 18.9 Å². The van der Waals surface area contributed by atoms with E-state index in [0.29, 0.717) is 5.69 Å². The fourth-order valence-electron chi connectivity index (χ4n) is 3.06. The summed E-state index contributed by atoms with van der Waals surface area (Å²) in [6.07, 6.45) is -0.0120. The predicted molar refractivity (Wildman–Crippen MR) is 98.1 cm³/mol. The summed E-state index contributed by atoms with van der Waals surface area (Å²) in [6, 6.07) is 8.82. The second kappa shape index (κ2) is 7.14. The van der Waals surface area contributed by atoms with Crippen LogP contribution in [0.5, 0.6) is 0 Å². The first kappa shape index (κ1) is 18.5. The minimum Gasteiger partial charge on any atom is -0.326 e. The van der Waals surface area contributed by atoms with Crippen molar-refractivity contribution in [2.75, 3.05) is 16.8 Å². The molecule has 1 N–H and O–H groups in total. The van der Waals surface area contributed by atoms with Crippen molar-refractivity contribution in [1.82, 2.24) is 0 Å². The highest BCUT2D eigenvalue weighted by atomic mass is 19.1. The van der Waals surface area contributed by atoms with E-state index >= 15 is 0 Å². The molecule has 2 aromatic rings. The first-order valence-corrected chi connectivity index (χ1v) is 8.39. The van der Waals surface area contributed by atoms with E-state index in [-0.39, 0.29) is 30.5 Å². The second-order valence-electron chi connectivity index (χ2n) is 6.53. The van der Waals surface area contributed by atoms with Crippen molar-refractivity contribution in [2.24, 2.45) is 5.92 Å². The Bertz CT molecular complexity index is 945. The van der Waals surface area contributed by atoms with Gasteiger partial charge in [-0.3, -0.25) is 19.7 Å². The van der Waals surface area contributed by atoms with Gasteiger partial charge in [0.1, 0.15) is 0 Å². The molecule has 1 fully saturated rings. The number of nitrogens with one attached hydrogen (secondary N) is 1. The van der Waals surface area contributed by atoms with Gasteiger partial charge in [-0.05, 0) is 43.2 Å². The molecule has 0 spiro atoms. The number of carbonyl (C=O) groups is 2. The number of aryl methyl sites for hydroxylation is 1. The van der Waals surface area contributed by atoms with Crippen LogP contribution in [0.2, 0.25) is 0 Å². The Kier molecular flexibility index (Phi) is 4.89. The Morgan fingerprint density at radius 2 is 2.04 bits per heavy atom. The van der Waals surface area contributed by atoms with Crippen LogP contribution in [0, 0.1) is 35.7 Å². The molecule has 0 radical (unpaired) electrons. The summed E-state index contributed by atoms with van der Waals surface area (Å²) in [4.78, 5) is 36.2.